The first kappa shape index (κ1) is 17.8. The predicted octanol–water partition coefficient (Wildman–Crippen LogP) is 4.41. The normalized spacial score (nSPS) is 12.2. The molecule has 1 aromatic carbocycles. The van der Waals surface area contributed by atoms with Gasteiger partial charge in [-0.05, 0) is 17.7 Å². The number of carbonyl (C=O) groups is 1. The second-order valence-electron chi connectivity index (χ2n) is 4.82. The molecule has 1 aromatic heterocycles. The highest BCUT2D eigenvalue weighted by Crippen LogP contribution is 2.38. The number of aliphatic carboxylic acids is 1. The first-order valence-electron chi connectivity index (χ1n) is 6.45. The molecule has 24 heavy (non-hydrogen) atoms. The van der Waals surface area contributed by atoms with Crippen molar-refractivity contribution in [3.05, 3.63) is 53.2 Å². The Kier molecular flexibility index (Phi) is 4.54. The Morgan fingerprint density at radius 3 is 2.12 bits per heavy atom. The van der Waals surface area contributed by atoms with Crippen LogP contribution >= 0.6 is 0 Å². The van der Waals surface area contributed by atoms with E-state index in [0.717, 1.165) is 18.2 Å². The molecule has 2 rings (SSSR count). The van der Waals surface area contributed by atoms with E-state index < -0.39 is 47.3 Å². The number of alkyl halides is 6. The number of hydrogen-bond acceptors (Lipinski definition) is 2. The van der Waals surface area contributed by atoms with E-state index in [-0.39, 0.29) is 5.56 Å². The minimum absolute atomic E-state index is 0.243. The molecule has 0 aliphatic heterocycles. The van der Waals surface area contributed by atoms with E-state index in [4.69, 9.17) is 5.11 Å². The number of nitrogens with zero attached hydrogens (tertiary/aromatic N) is 1. The highest BCUT2D eigenvalue weighted by Gasteiger charge is 2.36. The Morgan fingerprint density at radius 1 is 0.958 bits per heavy atom. The summed E-state index contributed by atoms with van der Waals surface area (Å²) in [6, 6.07) is 5.30. The van der Waals surface area contributed by atoms with Crippen LogP contribution in [0.3, 0.4) is 0 Å². The lowest BCUT2D eigenvalue weighted by atomic mass is 9.98. The van der Waals surface area contributed by atoms with Gasteiger partial charge in [0.05, 0.1) is 17.7 Å². The van der Waals surface area contributed by atoms with Crippen LogP contribution in [-0.2, 0) is 23.6 Å². The van der Waals surface area contributed by atoms with Crippen LogP contribution in [0.15, 0.2) is 36.4 Å². The van der Waals surface area contributed by atoms with Gasteiger partial charge in [0.15, 0.2) is 0 Å². The van der Waals surface area contributed by atoms with Gasteiger partial charge in [-0.25, -0.2) is 4.98 Å². The van der Waals surface area contributed by atoms with Crippen LogP contribution < -0.4 is 0 Å². The summed E-state index contributed by atoms with van der Waals surface area (Å²) >= 11 is 0. The fraction of sp³-hybridized carbons (Fsp3) is 0.200. The van der Waals surface area contributed by atoms with Gasteiger partial charge in [-0.3, -0.25) is 4.79 Å². The molecule has 128 valence electrons. The van der Waals surface area contributed by atoms with Gasteiger partial charge in [-0.1, -0.05) is 24.3 Å². The first-order chi connectivity index (χ1) is 11.0. The number of aromatic nitrogens is 1. The molecule has 0 saturated carbocycles. The largest absolute Gasteiger partial charge is 0.481 e. The summed E-state index contributed by atoms with van der Waals surface area (Å²) in [5.41, 5.74) is -4.09. The van der Waals surface area contributed by atoms with Crippen molar-refractivity contribution >= 4 is 5.97 Å². The number of pyridine rings is 1. The highest BCUT2D eigenvalue weighted by atomic mass is 19.4. The number of rotatable bonds is 3. The summed E-state index contributed by atoms with van der Waals surface area (Å²) < 4.78 is 77.7. The quantitative estimate of drug-likeness (QED) is 0.835. The van der Waals surface area contributed by atoms with Gasteiger partial charge in [0.2, 0.25) is 0 Å². The Bertz CT molecular complexity index is 767. The van der Waals surface area contributed by atoms with Crippen LogP contribution in [0.25, 0.3) is 11.3 Å². The molecule has 0 saturated heterocycles. The van der Waals surface area contributed by atoms with E-state index >= 15 is 0 Å². The van der Waals surface area contributed by atoms with Crippen molar-refractivity contribution in [3.8, 4) is 11.3 Å². The minimum Gasteiger partial charge on any atom is -0.481 e. The van der Waals surface area contributed by atoms with Crippen molar-refractivity contribution in [2.75, 3.05) is 0 Å². The van der Waals surface area contributed by atoms with Crippen LogP contribution in [0.2, 0.25) is 0 Å². The lowest BCUT2D eigenvalue weighted by Crippen LogP contribution is -2.13. The first-order valence-corrected chi connectivity index (χ1v) is 6.45. The van der Waals surface area contributed by atoms with Crippen molar-refractivity contribution < 1.29 is 36.2 Å². The summed E-state index contributed by atoms with van der Waals surface area (Å²) in [7, 11) is 0. The molecule has 0 radical (unpaired) electrons. The summed E-state index contributed by atoms with van der Waals surface area (Å²) in [6.45, 7) is 0. The molecule has 9 heteroatoms. The fourth-order valence-electron chi connectivity index (χ4n) is 2.12. The van der Waals surface area contributed by atoms with Crippen molar-refractivity contribution in [2.45, 2.75) is 18.8 Å². The average Bonchev–Trinajstić information content (AvgIpc) is 2.45. The third kappa shape index (κ3) is 3.84. The third-order valence-electron chi connectivity index (χ3n) is 3.10. The number of carboxylic acids is 1. The molecule has 2 aromatic rings. The van der Waals surface area contributed by atoms with Crippen molar-refractivity contribution in [3.63, 3.8) is 0 Å². The second kappa shape index (κ2) is 6.14. The van der Waals surface area contributed by atoms with Crippen LogP contribution in [0, 0.1) is 0 Å². The molecule has 0 aliphatic carbocycles. The van der Waals surface area contributed by atoms with Crippen LogP contribution in [0.4, 0.5) is 26.3 Å². The predicted molar refractivity (Wildman–Crippen MR) is 71.0 cm³/mol. The Balaban J connectivity index is 2.74. The zero-order valence-electron chi connectivity index (χ0n) is 11.7. The maximum atomic E-state index is 13.1. The van der Waals surface area contributed by atoms with E-state index in [1.54, 1.807) is 0 Å². The van der Waals surface area contributed by atoms with Crippen LogP contribution in [0.1, 0.15) is 16.8 Å². The number of benzene rings is 1. The van der Waals surface area contributed by atoms with E-state index in [2.05, 4.69) is 4.98 Å². The Hall–Kier alpha value is -2.58. The smallest absolute Gasteiger partial charge is 0.433 e. The lowest BCUT2D eigenvalue weighted by molar-refractivity contribution is -0.141. The Morgan fingerprint density at radius 2 is 1.58 bits per heavy atom. The van der Waals surface area contributed by atoms with Crippen molar-refractivity contribution in [2.24, 2.45) is 0 Å². The van der Waals surface area contributed by atoms with E-state index in [0.29, 0.717) is 12.1 Å². The molecule has 0 fully saturated rings. The van der Waals surface area contributed by atoms with Gasteiger partial charge in [0.25, 0.3) is 0 Å². The second-order valence-corrected chi connectivity index (χ2v) is 4.82. The van der Waals surface area contributed by atoms with Crippen LogP contribution in [0.5, 0.6) is 0 Å². The van der Waals surface area contributed by atoms with Gasteiger partial charge in [-0.2, -0.15) is 26.3 Å². The third-order valence-corrected chi connectivity index (χ3v) is 3.10. The molecule has 0 bridgehead atoms. The molecule has 0 atom stereocenters. The molecule has 3 nitrogen and oxygen atoms in total. The zero-order valence-corrected chi connectivity index (χ0v) is 11.7. The number of carboxylic acid groups (broad SMARTS) is 1. The lowest BCUT2D eigenvalue weighted by Gasteiger charge is -2.16. The van der Waals surface area contributed by atoms with E-state index in [1.807, 2.05) is 0 Å². The van der Waals surface area contributed by atoms with E-state index in [9.17, 15) is 31.1 Å². The molecule has 0 amide bonds. The molecular formula is C15H9F6NO2. The van der Waals surface area contributed by atoms with Gasteiger partial charge < -0.3 is 5.11 Å². The Labute approximate surface area is 131 Å². The monoisotopic (exact) mass is 349 g/mol. The zero-order chi connectivity index (χ0) is 18.1. The minimum atomic E-state index is -4.87. The number of hydrogen-bond donors (Lipinski definition) is 1. The van der Waals surface area contributed by atoms with Crippen molar-refractivity contribution in [1.29, 1.82) is 0 Å². The summed E-state index contributed by atoms with van der Waals surface area (Å²) in [5, 5.41) is 8.82. The van der Waals surface area contributed by atoms with Gasteiger partial charge >= 0.3 is 18.3 Å². The fourth-order valence-corrected chi connectivity index (χ4v) is 2.12. The molecule has 1 N–H and O–H groups in total. The maximum absolute atomic E-state index is 13.1. The van der Waals surface area contributed by atoms with Gasteiger partial charge in [0.1, 0.15) is 5.69 Å². The highest BCUT2D eigenvalue weighted by molar-refractivity contribution is 5.76. The van der Waals surface area contributed by atoms with Gasteiger partial charge in [-0.15, -0.1) is 0 Å². The molecule has 0 unspecified atom stereocenters. The summed E-state index contributed by atoms with van der Waals surface area (Å²) in [5.74, 6) is -1.40. The molecule has 0 aliphatic rings. The summed E-state index contributed by atoms with van der Waals surface area (Å²) in [6.07, 6.45) is -10.5. The summed E-state index contributed by atoms with van der Waals surface area (Å²) in [4.78, 5) is 14.1. The topological polar surface area (TPSA) is 50.2 Å². The molecule has 0 spiro atoms. The standard InChI is InChI=1S/C15H9F6NO2/c16-14(17,18)10-4-2-1-3-9(10)13-8(7-12(23)24)5-6-11(22-13)15(19,20)21/h1-6H,7H2,(H,23,24). The molecule has 1 heterocycles. The van der Waals surface area contributed by atoms with E-state index in [1.165, 1.54) is 6.07 Å². The molecular weight excluding hydrogens is 340 g/mol. The maximum Gasteiger partial charge on any atom is 0.433 e. The SMILES string of the molecule is O=C(O)Cc1ccc(C(F)(F)F)nc1-c1ccccc1C(F)(F)F. The van der Waals surface area contributed by atoms with Gasteiger partial charge in [0, 0.05) is 5.56 Å². The number of halogens is 6. The average molecular weight is 349 g/mol. The van der Waals surface area contributed by atoms with Crippen LogP contribution in [-0.4, -0.2) is 16.1 Å². The van der Waals surface area contributed by atoms with Crippen molar-refractivity contribution in [1.82, 2.24) is 4.98 Å².